The van der Waals surface area contributed by atoms with Crippen LogP contribution in [0, 0.1) is 5.92 Å². The van der Waals surface area contributed by atoms with E-state index >= 15 is 0 Å². The number of carbonyl (C=O) groups excluding carboxylic acids is 2. The number of amides is 2. The summed E-state index contributed by atoms with van der Waals surface area (Å²) >= 11 is 1.43. The summed E-state index contributed by atoms with van der Waals surface area (Å²) in [7, 11) is 0. The number of hydrogen-bond acceptors (Lipinski definition) is 3. The molecule has 0 saturated carbocycles. The summed E-state index contributed by atoms with van der Waals surface area (Å²) < 4.78 is 0. The summed E-state index contributed by atoms with van der Waals surface area (Å²) in [6.45, 7) is 4.85. The zero-order valence-corrected chi connectivity index (χ0v) is 15.9. The van der Waals surface area contributed by atoms with Crippen LogP contribution >= 0.6 is 11.8 Å². The predicted molar refractivity (Wildman–Crippen MR) is 105 cm³/mol. The Morgan fingerprint density at radius 1 is 1.12 bits per heavy atom. The van der Waals surface area contributed by atoms with E-state index in [1.165, 1.54) is 11.8 Å². The number of nitrogens with one attached hydrogen (secondary N) is 2. The van der Waals surface area contributed by atoms with E-state index < -0.39 is 4.87 Å². The molecule has 136 valence electrons. The Hall–Kier alpha value is -2.27. The van der Waals surface area contributed by atoms with Crippen LogP contribution in [0.25, 0.3) is 0 Å². The van der Waals surface area contributed by atoms with Gasteiger partial charge in [0.2, 0.25) is 0 Å². The van der Waals surface area contributed by atoms with Crippen LogP contribution in [0.2, 0.25) is 0 Å². The van der Waals surface area contributed by atoms with E-state index in [4.69, 9.17) is 0 Å². The first-order valence-electron chi connectivity index (χ1n) is 8.93. The van der Waals surface area contributed by atoms with E-state index in [9.17, 15) is 9.59 Å². The molecule has 0 unspecified atom stereocenters. The highest BCUT2D eigenvalue weighted by atomic mass is 32.2. The molecule has 0 fully saturated rings. The number of benzene rings is 2. The van der Waals surface area contributed by atoms with Gasteiger partial charge >= 0.3 is 0 Å². The quantitative estimate of drug-likeness (QED) is 0.819. The van der Waals surface area contributed by atoms with E-state index in [-0.39, 0.29) is 11.8 Å². The lowest BCUT2D eigenvalue weighted by Gasteiger charge is -2.37. The first-order chi connectivity index (χ1) is 12.5. The maximum atomic E-state index is 13.1. The van der Waals surface area contributed by atoms with E-state index in [0.717, 1.165) is 16.9 Å². The normalized spacial score (nSPS) is 19.0. The highest BCUT2D eigenvalue weighted by molar-refractivity contribution is 8.01. The molecule has 0 radical (unpaired) electrons. The Bertz CT molecular complexity index is 792. The van der Waals surface area contributed by atoms with Gasteiger partial charge in [-0.1, -0.05) is 68.1 Å². The SMILES string of the molecule is CC(C)CCNC(=O)[C@@]1(Cc2ccccc2)NC(=O)c2ccccc2S1. The van der Waals surface area contributed by atoms with Gasteiger partial charge in [0, 0.05) is 17.9 Å². The van der Waals surface area contributed by atoms with Gasteiger partial charge in [0.15, 0.2) is 4.87 Å². The minimum Gasteiger partial charge on any atom is -0.353 e. The summed E-state index contributed by atoms with van der Waals surface area (Å²) in [6, 6.07) is 17.2. The Morgan fingerprint density at radius 2 is 1.81 bits per heavy atom. The minimum absolute atomic E-state index is 0.144. The van der Waals surface area contributed by atoms with E-state index in [0.29, 0.717) is 24.4 Å². The average molecular weight is 369 g/mol. The lowest BCUT2D eigenvalue weighted by molar-refractivity contribution is -0.124. The largest absolute Gasteiger partial charge is 0.353 e. The van der Waals surface area contributed by atoms with Crippen molar-refractivity contribution in [2.45, 2.75) is 36.5 Å². The molecular weight excluding hydrogens is 344 g/mol. The lowest BCUT2D eigenvalue weighted by atomic mass is 10.0. The molecule has 1 aliphatic heterocycles. The zero-order valence-electron chi connectivity index (χ0n) is 15.1. The summed E-state index contributed by atoms with van der Waals surface area (Å²) in [6.07, 6.45) is 1.34. The molecule has 2 amide bonds. The molecule has 2 N–H and O–H groups in total. The fraction of sp³-hybridized carbons (Fsp3) is 0.333. The smallest absolute Gasteiger partial charge is 0.257 e. The van der Waals surface area contributed by atoms with Crippen molar-refractivity contribution in [3.05, 3.63) is 65.7 Å². The van der Waals surface area contributed by atoms with Crippen LogP contribution < -0.4 is 10.6 Å². The second-order valence-corrected chi connectivity index (χ2v) is 8.32. The summed E-state index contributed by atoms with van der Waals surface area (Å²) in [4.78, 5) is 25.6. The average Bonchev–Trinajstić information content (AvgIpc) is 2.62. The Labute approximate surface area is 158 Å². The van der Waals surface area contributed by atoms with Crippen molar-refractivity contribution in [3.8, 4) is 0 Å². The molecule has 0 spiro atoms. The van der Waals surface area contributed by atoms with Crippen molar-refractivity contribution in [2.24, 2.45) is 5.92 Å². The molecule has 1 heterocycles. The molecule has 5 heteroatoms. The first kappa shape index (κ1) is 18.5. The second-order valence-electron chi connectivity index (χ2n) is 6.98. The number of fused-ring (bicyclic) bond motifs is 1. The maximum absolute atomic E-state index is 13.1. The molecule has 0 saturated heterocycles. The molecule has 4 nitrogen and oxygen atoms in total. The van der Waals surface area contributed by atoms with E-state index in [1.807, 2.05) is 48.5 Å². The van der Waals surface area contributed by atoms with Crippen molar-refractivity contribution in [1.82, 2.24) is 10.6 Å². The van der Waals surface area contributed by atoms with Crippen LogP contribution in [0.15, 0.2) is 59.5 Å². The van der Waals surface area contributed by atoms with Crippen LogP contribution in [0.3, 0.4) is 0 Å². The van der Waals surface area contributed by atoms with Crippen molar-refractivity contribution < 1.29 is 9.59 Å². The Morgan fingerprint density at radius 3 is 2.54 bits per heavy atom. The second kappa shape index (κ2) is 7.96. The Kier molecular flexibility index (Phi) is 5.67. The zero-order chi connectivity index (χ0) is 18.6. The summed E-state index contributed by atoms with van der Waals surface area (Å²) in [5, 5.41) is 6.01. The fourth-order valence-electron chi connectivity index (χ4n) is 2.97. The highest BCUT2D eigenvalue weighted by Crippen LogP contribution is 2.40. The van der Waals surface area contributed by atoms with Crippen molar-refractivity contribution in [2.75, 3.05) is 6.54 Å². The van der Waals surface area contributed by atoms with Crippen LogP contribution in [-0.2, 0) is 11.2 Å². The third-order valence-corrected chi connectivity index (χ3v) is 5.76. The Balaban J connectivity index is 1.90. The van der Waals surface area contributed by atoms with Gasteiger partial charge in [-0.05, 0) is 30.0 Å². The third-order valence-electron chi connectivity index (χ3n) is 4.40. The topological polar surface area (TPSA) is 58.2 Å². The van der Waals surface area contributed by atoms with Gasteiger partial charge in [0.05, 0.1) is 5.56 Å². The maximum Gasteiger partial charge on any atom is 0.257 e. The third kappa shape index (κ3) is 4.10. The monoisotopic (exact) mass is 368 g/mol. The van der Waals surface area contributed by atoms with Gasteiger partial charge in [0.1, 0.15) is 0 Å². The number of hydrogen-bond donors (Lipinski definition) is 2. The van der Waals surface area contributed by atoms with Gasteiger partial charge in [-0.2, -0.15) is 0 Å². The van der Waals surface area contributed by atoms with Gasteiger partial charge < -0.3 is 10.6 Å². The standard InChI is InChI=1S/C21H24N2O2S/c1-15(2)12-13-22-20(25)21(14-16-8-4-3-5-9-16)23-19(24)17-10-6-7-11-18(17)26-21/h3-11,15H,12-14H2,1-2H3,(H,22,25)(H,23,24)/t21-/m0/s1. The van der Waals surface area contributed by atoms with E-state index in [1.54, 1.807) is 6.07 Å². The number of rotatable bonds is 6. The molecule has 3 rings (SSSR count). The highest BCUT2D eigenvalue weighted by Gasteiger charge is 2.45. The molecule has 2 aromatic carbocycles. The fourth-order valence-corrected chi connectivity index (χ4v) is 4.31. The molecular formula is C21H24N2O2S. The molecule has 2 aromatic rings. The van der Waals surface area contributed by atoms with Crippen LogP contribution in [0.4, 0.5) is 0 Å². The molecule has 1 aliphatic rings. The summed E-state index contributed by atoms with van der Waals surface area (Å²) in [5.41, 5.74) is 1.63. The molecule has 0 aliphatic carbocycles. The molecule has 1 atom stereocenters. The minimum atomic E-state index is -1.04. The van der Waals surface area contributed by atoms with Crippen molar-refractivity contribution in [1.29, 1.82) is 0 Å². The lowest BCUT2D eigenvalue weighted by Crippen LogP contribution is -2.59. The predicted octanol–water partition coefficient (Wildman–Crippen LogP) is 3.62. The van der Waals surface area contributed by atoms with Crippen LogP contribution in [-0.4, -0.2) is 23.2 Å². The van der Waals surface area contributed by atoms with Crippen molar-refractivity contribution >= 4 is 23.6 Å². The van der Waals surface area contributed by atoms with Gasteiger partial charge in [-0.25, -0.2) is 0 Å². The first-order valence-corrected chi connectivity index (χ1v) is 9.74. The summed E-state index contributed by atoms with van der Waals surface area (Å²) in [5.74, 6) is 0.166. The van der Waals surface area contributed by atoms with Gasteiger partial charge in [-0.15, -0.1) is 0 Å². The van der Waals surface area contributed by atoms with Crippen LogP contribution in [0.5, 0.6) is 0 Å². The van der Waals surface area contributed by atoms with E-state index in [2.05, 4.69) is 24.5 Å². The molecule has 0 aromatic heterocycles. The van der Waals surface area contributed by atoms with Gasteiger partial charge in [-0.3, -0.25) is 9.59 Å². The number of carbonyl (C=O) groups is 2. The van der Waals surface area contributed by atoms with Crippen molar-refractivity contribution in [3.63, 3.8) is 0 Å². The van der Waals surface area contributed by atoms with Gasteiger partial charge in [0.25, 0.3) is 11.8 Å². The van der Waals surface area contributed by atoms with Crippen LogP contribution in [0.1, 0.15) is 36.2 Å². The molecule has 26 heavy (non-hydrogen) atoms. The molecule has 0 bridgehead atoms. The number of thioether (sulfide) groups is 1.